The average molecular weight is 439 g/mol. The number of likely N-dealkylation sites (tertiary alicyclic amines) is 1. The Morgan fingerprint density at radius 2 is 2.07 bits per heavy atom. The van der Waals surface area contributed by atoms with Gasteiger partial charge in [-0.05, 0) is 18.9 Å². The maximum Gasteiger partial charge on any atom is 0.251 e. The van der Waals surface area contributed by atoms with Crippen molar-refractivity contribution in [1.82, 2.24) is 18.8 Å². The van der Waals surface area contributed by atoms with E-state index in [1.165, 1.54) is 27.2 Å². The molecule has 10 heteroatoms. The predicted molar refractivity (Wildman–Crippen MR) is 111 cm³/mol. The molecule has 3 rings (SSSR count). The van der Waals surface area contributed by atoms with Crippen molar-refractivity contribution in [2.24, 2.45) is 0 Å². The van der Waals surface area contributed by atoms with Crippen molar-refractivity contribution in [2.75, 3.05) is 26.2 Å². The molecule has 0 aromatic carbocycles. The molecule has 0 aliphatic carbocycles. The van der Waals surface area contributed by atoms with Crippen LogP contribution < -0.4 is 5.56 Å². The van der Waals surface area contributed by atoms with E-state index in [-0.39, 0.29) is 23.3 Å². The smallest absolute Gasteiger partial charge is 0.251 e. The minimum Gasteiger partial charge on any atom is -0.340 e. The van der Waals surface area contributed by atoms with Gasteiger partial charge in [0.1, 0.15) is 6.54 Å². The van der Waals surface area contributed by atoms with Crippen molar-refractivity contribution in [3.63, 3.8) is 0 Å². The first-order chi connectivity index (χ1) is 13.9. The molecule has 158 valence electrons. The summed E-state index contributed by atoms with van der Waals surface area (Å²) in [5, 5.41) is 2.95. The summed E-state index contributed by atoms with van der Waals surface area (Å²) < 4.78 is 28.0. The molecule has 29 heavy (non-hydrogen) atoms. The fraction of sp³-hybridized carbons (Fsp3) is 0.526. The second-order valence-electron chi connectivity index (χ2n) is 6.97. The number of thiazole rings is 1. The normalized spacial score (nSPS) is 17.6. The molecule has 1 atom stereocenters. The van der Waals surface area contributed by atoms with E-state index in [4.69, 9.17) is 0 Å². The number of amides is 1. The Balaban J connectivity index is 1.77. The highest BCUT2D eigenvalue weighted by Gasteiger charge is 2.27. The van der Waals surface area contributed by atoms with Gasteiger partial charge in [-0.1, -0.05) is 13.8 Å². The number of rotatable bonds is 7. The molecule has 2 aromatic heterocycles. The van der Waals surface area contributed by atoms with E-state index in [1.54, 1.807) is 36.3 Å². The number of nitrogens with zero attached hydrogens (tertiary/aromatic N) is 4. The lowest BCUT2D eigenvalue weighted by atomic mass is 9.99. The molecule has 0 spiro atoms. The van der Waals surface area contributed by atoms with E-state index >= 15 is 0 Å². The van der Waals surface area contributed by atoms with Crippen LogP contribution in [0.4, 0.5) is 0 Å². The predicted octanol–water partition coefficient (Wildman–Crippen LogP) is 1.74. The number of sulfonamides is 1. The molecule has 1 amide bonds. The topological polar surface area (TPSA) is 92.6 Å². The van der Waals surface area contributed by atoms with E-state index < -0.39 is 15.6 Å². The minimum atomic E-state index is -3.70. The zero-order valence-corrected chi connectivity index (χ0v) is 18.3. The summed E-state index contributed by atoms with van der Waals surface area (Å²) in [5.41, 5.74) is -0.398. The van der Waals surface area contributed by atoms with Crippen molar-refractivity contribution in [1.29, 1.82) is 0 Å². The van der Waals surface area contributed by atoms with Gasteiger partial charge in [-0.15, -0.1) is 11.3 Å². The molecular weight excluding hydrogens is 412 g/mol. The fourth-order valence-corrected chi connectivity index (χ4v) is 5.83. The van der Waals surface area contributed by atoms with E-state index in [0.717, 1.165) is 17.8 Å². The molecule has 0 saturated carbocycles. The molecule has 1 unspecified atom stereocenters. The number of hydrogen-bond acceptors (Lipinski definition) is 6. The lowest BCUT2D eigenvalue weighted by molar-refractivity contribution is -0.133. The van der Waals surface area contributed by atoms with Gasteiger partial charge in [0.25, 0.3) is 5.56 Å². The summed E-state index contributed by atoms with van der Waals surface area (Å²) >= 11 is 1.59. The van der Waals surface area contributed by atoms with Gasteiger partial charge in [-0.3, -0.25) is 9.59 Å². The van der Waals surface area contributed by atoms with Crippen LogP contribution >= 0.6 is 11.3 Å². The van der Waals surface area contributed by atoms with Crippen LogP contribution in [0.15, 0.2) is 39.6 Å². The second-order valence-corrected chi connectivity index (χ2v) is 9.83. The Morgan fingerprint density at radius 3 is 2.72 bits per heavy atom. The number of carbonyl (C=O) groups excluding carboxylic acids is 1. The van der Waals surface area contributed by atoms with Gasteiger partial charge < -0.3 is 9.47 Å². The lowest BCUT2D eigenvalue weighted by Crippen LogP contribution is -2.42. The molecule has 1 aliphatic heterocycles. The van der Waals surface area contributed by atoms with E-state index in [1.807, 2.05) is 5.38 Å². The van der Waals surface area contributed by atoms with Gasteiger partial charge in [0, 0.05) is 55.9 Å². The first kappa shape index (κ1) is 21.7. The Labute approximate surface area is 174 Å². The molecule has 8 nitrogen and oxygen atoms in total. The van der Waals surface area contributed by atoms with Crippen LogP contribution in [-0.4, -0.2) is 59.3 Å². The van der Waals surface area contributed by atoms with Crippen LogP contribution in [0.5, 0.6) is 0 Å². The van der Waals surface area contributed by atoms with Crippen LogP contribution in [0.1, 0.15) is 37.6 Å². The van der Waals surface area contributed by atoms with E-state index in [9.17, 15) is 18.0 Å². The molecule has 1 fully saturated rings. The largest absolute Gasteiger partial charge is 0.340 e. The van der Waals surface area contributed by atoms with Crippen molar-refractivity contribution in [3.05, 3.63) is 45.3 Å². The summed E-state index contributed by atoms with van der Waals surface area (Å²) in [6, 6.07) is 2.51. The zero-order chi connectivity index (χ0) is 21.0. The number of pyridine rings is 1. The van der Waals surface area contributed by atoms with Gasteiger partial charge in [-0.2, -0.15) is 4.31 Å². The summed E-state index contributed by atoms with van der Waals surface area (Å²) in [7, 11) is -3.70. The molecule has 0 N–H and O–H groups in total. The zero-order valence-electron chi connectivity index (χ0n) is 16.7. The molecule has 1 aliphatic rings. The van der Waals surface area contributed by atoms with Crippen LogP contribution in [0.3, 0.4) is 0 Å². The molecular formula is C19H26N4O4S2. The highest BCUT2D eigenvalue weighted by Crippen LogP contribution is 2.28. The number of piperidine rings is 1. The first-order valence-corrected chi connectivity index (χ1v) is 12.1. The minimum absolute atomic E-state index is 0.0212. The monoisotopic (exact) mass is 438 g/mol. The van der Waals surface area contributed by atoms with Crippen molar-refractivity contribution >= 4 is 27.3 Å². The summed E-state index contributed by atoms with van der Waals surface area (Å²) in [4.78, 5) is 31.2. The number of aromatic nitrogens is 2. The Morgan fingerprint density at radius 1 is 1.31 bits per heavy atom. The lowest BCUT2D eigenvalue weighted by Gasteiger charge is -2.32. The van der Waals surface area contributed by atoms with E-state index in [0.29, 0.717) is 26.2 Å². The van der Waals surface area contributed by atoms with Crippen LogP contribution in [0, 0.1) is 0 Å². The number of hydrogen-bond donors (Lipinski definition) is 0. The Hall–Kier alpha value is -2.04. The SMILES string of the molecule is CCN(CC)S(=O)(=O)c1ccc(=O)n(CC(=O)N2CCCC(c3nccs3)C2)c1. The van der Waals surface area contributed by atoms with Gasteiger partial charge in [0.15, 0.2) is 0 Å². The maximum atomic E-state index is 12.8. The second kappa shape index (κ2) is 9.19. The summed E-state index contributed by atoms with van der Waals surface area (Å²) in [6.07, 6.45) is 4.90. The molecule has 3 heterocycles. The molecule has 0 radical (unpaired) electrons. The van der Waals surface area contributed by atoms with Crippen LogP contribution in [-0.2, 0) is 21.4 Å². The van der Waals surface area contributed by atoms with Gasteiger partial charge in [0.05, 0.1) is 9.90 Å². The van der Waals surface area contributed by atoms with Crippen molar-refractivity contribution in [2.45, 2.75) is 44.0 Å². The van der Waals surface area contributed by atoms with Crippen LogP contribution in [0.25, 0.3) is 0 Å². The van der Waals surface area contributed by atoms with Gasteiger partial charge in [0.2, 0.25) is 15.9 Å². The summed E-state index contributed by atoms with van der Waals surface area (Å²) in [5.74, 6) is 0.0181. The Bertz CT molecular complexity index is 997. The first-order valence-electron chi connectivity index (χ1n) is 9.74. The third kappa shape index (κ3) is 4.76. The molecule has 1 saturated heterocycles. The van der Waals surface area contributed by atoms with Crippen LogP contribution in [0.2, 0.25) is 0 Å². The van der Waals surface area contributed by atoms with Crippen molar-refractivity contribution < 1.29 is 13.2 Å². The number of carbonyl (C=O) groups is 1. The van der Waals surface area contributed by atoms with Gasteiger partial charge >= 0.3 is 0 Å². The third-order valence-electron chi connectivity index (χ3n) is 5.18. The van der Waals surface area contributed by atoms with Gasteiger partial charge in [-0.25, -0.2) is 13.4 Å². The highest BCUT2D eigenvalue weighted by atomic mass is 32.2. The molecule has 2 aromatic rings. The highest BCUT2D eigenvalue weighted by molar-refractivity contribution is 7.89. The quantitative estimate of drug-likeness (QED) is 0.657. The summed E-state index contributed by atoms with van der Waals surface area (Å²) in [6.45, 7) is 5.22. The fourth-order valence-electron chi connectivity index (χ4n) is 3.59. The third-order valence-corrected chi connectivity index (χ3v) is 8.15. The van der Waals surface area contributed by atoms with E-state index in [2.05, 4.69) is 4.98 Å². The average Bonchev–Trinajstić information content (AvgIpc) is 3.25. The molecule has 0 bridgehead atoms. The maximum absolute atomic E-state index is 12.8. The standard InChI is InChI=1S/C19H26N4O4S2/c1-3-23(4-2)29(26,27)16-7-8-17(24)22(13-16)14-18(25)21-10-5-6-15(12-21)19-20-9-11-28-19/h7-9,11,13,15H,3-6,10,12,14H2,1-2H3. The Kier molecular flexibility index (Phi) is 6.86. The van der Waals surface area contributed by atoms with Crippen molar-refractivity contribution in [3.8, 4) is 0 Å².